The summed E-state index contributed by atoms with van der Waals surface area (Å²) in [7, 11) is 0. The zero-order valence-electron chi connectivity index (χ0n) is 12.3. The van der Waals surface area contributed by atoms with Crippen molar-refractivity contribution in [2.45, 2.75) is 0 Å². The van der Waals surface area contributed by atoms with Gasteiger partial charge in [-0.25, -0.2) is 0 Å². The molecule has 0 unspecified atom stereocenters. The first kappa shape index (κ1) is 14.5. The normalized spacial score (nSPS) is 11.9. The average molecular weight is 337 g/mol. The lowest BCUT2D eigenvalue weighted by Crippen LogP contribution is -2.14. The van der Waals surface area contributed by atoms with Gasteiger partial charge in [0, 0.05) is 10.6 Å². The summed E-state index contributed by atoms with van der Waals surface area (Å²) in [6.07, 6.45) is 0. The Morgan fingerprint density at radius 1 is 0.565 bits per heavy atom. The Kier molecular flexibility index (Phi) is 3.49. The van der Waals surface area contributed by atoms with Gasteiger partial charge in [-0.3, -0.25) is 4.57 Å². The molecule has 0 fully saturated rings. The third-order valence-corrected chi connectivity index (χ3v) is 7.26. The first-order chi connectivity index (χ1) is 11.2. The Bertz CT molecular complexity index is 977. The quantitative estimate of drug-likeness (QED) is 0.444. The molecule has 0 atom stereocenters. The van der Waals surface area contributed by atoms with Crippen LogP contribution in [0, 0.1) is 0 Å². The standard InChI is InChI=1S/C20H14ClOP/c21-23(22,19-13-5-9-15-7-1-3-11-17(15)19)20-14-6-10-16-8-2-4-12-18(16)20/h1-14H. The molecule has 0 aliphatic heterocycles. The molecule has 0 amide bonds. The van der Waals surface area contributed by atoms with E-state index >= 15 is 0 Å². The third-order valence-electron chi connectivity index (χ3n) is 4.15. The van der Waals surface area contributed by atoms with Gasteiger partial charge in [0.2, 0.25) is 6.49 Å². The predicted octanol–water partition coefficient (Wildman–Crippen LogP) is 5.46. The lowest BCUT2D eigenvalue weighted by Gasteiger charge is -2.16. The molecule has 4 aromatic rings. The number of fused-ring (bicyclic) bond motifs is 2. The maximum Gasteiger partial charge on any atom is 0.226 e. The van der Waals surface area contributed by atoms with E-state index in [1.54, 1.807) is 0 Å². The minimum absolute atomic E-state index is 0.702. The molecule has 23 heavy (non-hydrogen) atoms. The van der Waals surface area contributed by atoms with Gasteiger partial charge in [-0.1, -0.05) is 72.8 Å². The molecular formula is C20H14ClOP. The van der Waals surface area contributed by atoms with E-state index in [2.05, 4.69) is 0 Å². The van der Waals surface area contributed by atoms with Crippen LogP contribution in [0.1, 0.15) is 0 Å². The molecule has 0 bridgehead atoms. The summed E-state index contributed by atoms with van der Waals surface area (Å²) in [4.78, 5) is 0. The van der Waals surface area contributed by atoms with Crippen LogP contribution in [0.4, 0.5) is 0 Å². The molecule has 112 valence electrons. The Labute approximate surface area is 139 Å². The molecule has 0 heterocycles. The fraction of sp³-hybridized carbons (Fsp3) is 0. The second-order valence-corrected chi connectivity index (χ2v) is 8.99. The van der Waals surface area contributed by atoms with Crippen LogP contribution in [0.2, 0.25) is 0 Å². The minimum atomic E-state index is -3.22. The zero-order chi connectivity index (χ0) is 15.9. The van der Waals surface area contributed by atoms with Crippen molar-refractivity contribution < 1.29 is 4.57 Å². The Morgan fingerprint density at radius 2 is 0.957 bits per heavy atom. The zero-order valence-corrected chi connectivity index (χ0v) is 14.0. The maximum absolute atomic E-state index is 13.6. The molecule has 0 radical (unpaired) electrons. The summed E-state index contributed by atoms with van der Waals surface area (Å²) < 4.78 is 13.6. The number of rotatable bonds is 2. The highest BCUT2D eigenvalue weighted by molar-refractivity contribution is 8.01. The van der Waals surface area contributed by atoms with Crippen LogP contribution in [-0.4, -0.2) is 0 Å². The Hall–Kier alpha value is -2.08. The van der Waals surface area contributed by atoms with Gasteiger partial charge in [0.05, 0.1) is 0 Å². The molecule has 0 aliphatic rings. The first-order valence-electron chi connectivity index (χ1n) is 7.44. The molecule has 0 saturated heterocycles. The molecule has 0 aromatic heterocycles. The second-order valence-electron chi connectivity index (χ2n) is 5.53. The van der Waals surface area contributed by atoms with Gasteiger partial charge in [-0.15, -0.1) is 0 Å². The molecule has 4 aromatic carbocycles. The Balaban J connectivity index is 2.04. The van der Waals surface area contributed by atoms with E-state index in [1.807, 2.05) is 84.9 Å². The fourth-order valence-corrected chi connectivity index (χ4v) is 5.77. The van der Waals surface area contributed by atoms with Gasteiger partial charge in [0.15, 0.2) is 0 Å². The van der Waals surface area contributed by atoms with Crippen LogP contribution < -0.4 is 10.6 Å². The molecule has 0 spiro atoms. The lowest BCUT2D eigenvalue weighted by molar-refractivity contribution is 0.595. The summed E-state index contributed by atoms with van der Waals surface area (Å²) in [5, 5.41) is 5.39. The van der Waals surface area contributed by atoms with Gasteiger partial charge in [0.25, 0.3) is 0 Å². The molecule has 0 N–H and O–H groups in total. The van der Waals surface area contributed by atoms with Crippen LogP contribution >= 0.6 is 17.7 Å². The van der Waals surface area contributed by atoms with E-state index < -0.39 is 6.49 Å². The van der Waals surface area contributed by atoms with Crippen molar-refractivity contribution >= 4 is 49.9 Å². The van der Waals surface area contributed by atoms with Crippen molar-refractivity contribution in [2.75, 3.05) is 0 Å². The fourth-order valence-electron chi connectivity index (χ4n) is 3.05. The van der Waals surface area contributed by atoms with Crippen LogP contribution in [0.15, 0.2) is 84.9 Å². The molecule has 3 heteroatoms. The van der Waals surface area contributed by atoms with Crippen molar-refractivity contribution in [3.8, 4) is 0 Å². The summed E-state index contributed by atoms with van der Waals surface area (Å²) in [6.45, 7) is -3.22. The summed E-state index contributed by atoms with van der Waals surface area (Å²) in [6, 6.07) is 27.4. The van der Waals surface area contributed by atoms with Crippen molar-refractivity contribution in [3.63, 3.8) is 0 Å². The average Bonchev–Trinajstić information content (AvgIpc) is 2.60. The van der Waals surface area contributed by atoms with Crippen LogP contribution in [0.25, 0.3) is 21.5 Å². The summed E-state index contributed by atoms with van der Waals surface area (Å²) >= 11 is 6.70. The molecule has 4 rings (SSSR count). The number of halogens is 1. The molecule has 1 nitrogen and oxygen atoms in total. The topological polar surface area (TPSA) is 17.1 Å². The monoisotopic (exact) mass is 336 g/mol. The van der Waals surface area contributed by atoms with E-state index in [4.69, 9.17) is 11.2 Å². The molecular weight excluding hydrogens is 323 g/mol. The van der Waals surface area contributed by atoms with Crippen LogP contribution in [-0.2, 0) is 4.57 Å². The van der Waals surface area contributed by atoms with Crippen molar-refractivity contribution in [1.82, 2.24) is 0 Å². The van der Waals surface area contributed by atoms with Crippen LogP contribution in [0.5, 0.6) is 0 Å². The minimum Gasteiger partial charge on any atom is -0.296 e. The van der Waals surface area contributed by atoms with E-state index in [1.165, 1.54) is 0 Å². The van der Waals surface area contributed by atoms with E-state index in [0.717, 1.165) is 21.5 Å². The molecule has 0 saturated carbocycles. The van der Waals surface area contributed by atoms with Crippen molar-refractivity contribution in [3.05, 3.63) is 84.9 Å². The van der Waals surface area contributed by atoms with Gasteiger partial charge in [-0.05, 0) is 44.9 Å². The lowest BCUT2D eigenvalue weighted by atomic mass is 10.1. The van der Waals surface area contributed by atoms with Gasteiger partial charge >= 0.3 is 0 Å². The van der Waals surface area contributed by atoms with Crippen LogP contribution in [0.3, 0.4) is 0 Å². The van der Waals surface area contributed by atoms with Gasteiger partial charge in [-0.2, -0.15) is 0 Å². The SMILES string of the molecule is O=P(Cl)(c1cccc2ccccc12)c1cccc2ccccc12. The predicted molar refractivity (Wildman–Crippen MR) is 101 cm³/mol. The number of hydrogen-bond acceptors (Lipinski definition) is 1. The highest BCUT2D eigenvalue weighted by Crippen LogP contribution is 2.51. The Morgan fingerprint density at radius 3 is 1.43 bits per heavy atom. The highest BCUT2D eigenvalue weighted by atomic mass is 35.7. The highest BCUT2D eigenvalue weighted by Gasteiger charge is 2.27. The van der Waals surface area contributed by atoms with Gasteiger partial charge in [0.1, 0.15) is 0 Å². The summed E-state index contributed by atoms with van der Waals surface area (Å²) in [5.41, 5.74) is 0. The smallest absolute Gasteiger partial charge is 0.226 e. The van der Waals surface area contributed by atoms with Crippen molar-refractivity contribution in [2.24, 2.45) is 0 Å². The summed E-state index contributed by atoms with van der Waals surface area (Å²) in [5.74, 6) is 0. The van der Waals surface area contributed by atoms with Crippen molar-refractivity contribution in [1.29, 1.82) is 0 Å². The van der Waals surface area contributed by atoms with Gasteiger partial charge < -0.3 is 0 Å². The molecule has 0 aliphatic carbocycles. The van der Waals surface area contributed by atoms with E-state index in [-0.39, 0.29) is 0 Å². The second kappa shape index (κ2) is 5.53. The largest absolute Gasteiger partial charge is 0.296 e. The first-order valence-corrected chi connectivity index (χ1v) is 10.1. The maximum atomic E-state index is 13.6. The number of benzene rings is 4. The number of hydrogen-bond donors (Lipinski definition) is 0. The van der Waals surface area contributed by atoms with E-state index in [9.17, 15) is 4.57 Å². The van der Waals surface area contributed by atoms with E-state index in [0.29, 0.717) is 10.6 Å². The third kappa shape index (κ3) is 2.37.